The molecule has 0 bridgehead atoms. The Bertz CT molecular complexity index is 1240. The quantitative estimate of drug-likeness (QED) is 0.365. The zero-order valence-electron chi connectivity index (χ0n) is 13.8. The first-order chi connectivity index (χ1) is 12.8. The number of aromatic nitrogens is 3. The van der Waals surface area contributed by atoms with Gasteiger partial charge in [0.15, 0.2) is 5.65 Å². The summed E-state index contributed by atoms with van der Waals surface area (Å²) in [6.07, 6.45) is 3.74. The van der Waals surface area contributed by atoms with Crippen molar-refractivity contribution in [2.75, 3.05) is 0 Å². The molecule has 0 saturated heterocycles. The van der Waals surface area contributed by atoms with Crippen molar-refractivity contribution in [1.29, 1.82) is 0 Å². The number of benzene rings is 3. The van der Waals surface area contributed by atoms with Crippen molar-refractivity contribution in [1.82, 2.24) is 14.6 Å². The molecule has 5 aromatic rings. The molecule has 4 heteroatoms. The third-order valence-electron chi connectivity index (χ3n) is 4.60. The minimum atomic E-state index is 0.859. The molecule has 3 nitrogen and oxygen atoms in total. The van der Waals surface area contributed by atoms with Crippen LogP contribution in [-0.2, 0) is 0 Å². The van der Waals surface area contributed by atoms with Crippen LogP contribution >= 0.6 is 15.9 Å². The molecule has 26 heavy (non-hydrogen) atoms. The number of fused-ring (bicyclic) bond motifs is 2. The molecule has 0 amide bonds. The Morgan fingerprint density at radius 3 is 2.38 bits per heavy atom. The number of nitrogens with zero attached hydrogens (tertiary/aromatic N) is 3. The maximum absolute atomic E-state index is 4.62. The Morgan fingerprint density at radius 2 is 1.54 bits per heavy atom. The zero-order chi connectivity index (χ0) is 17.5. The molecule has 0 saturated carbocycles. The van der Waals surface area contributed by atoms with Crippen molar-refractivity contribution in [3.8, 4) is 22.4 Å². The Hall–Kier alpha value is -2.98. The summed E-state index contributed by atoms with van der Waals surface area (Å²) < 4.78 is 2.98. The van der Waals surface area contributed by atoms with Crippen molar-refractivity contribution >= 4 is 32.3 Å². The molecule has 0 aliphatic heterocycles. The predicted molar refractivity (Wildman–Crippen MR) is 109 cm³/mol. The molecule has 0 aliphatic rings. The predicted octanol–water partition coefficient (Wildman–Crippen LogP) is 5.98. The van der Waals surface area contributed by atoms with E-state index < -0.39 is 0 Å². The van der Waals surface area contributed by atoms with Gasteiger partial charge in [0.2, 0.25) is 0 Å². The summed E-state index contributed by atoms with van der Waals surface area (Å²) >= 11 is 3.48. The van der Waals surface area contributed by atoms with Gasteiger partial charge in [-0.15, -0.1) is 0 Å². The van der Waals surface area contributed by atoms with E-state index in [0.717, 1.165) is 32.5 Å². The van der Waals surface area contributed by atoms with Crippen molar-refractivity contribution in [3.05, 3.63) is 89.7 Å². The molecule has 2 aromatic heterocycles. The van der Waals surface area contributed by atoms with Crippen molar-refractivity contribution in [2.24, 2.45) is 0 Å². The van der Waals surface area contributed by atoms with Crippen LogP contribution in [0.25, 0.3) is 38.8 Å². The molecule has 5 rings (SSSR count). The summed E-state index contributed by atoms with van der Waals surface area (Å²) in [6.45, 7) is 0. The molecule has 2 heterocycles. The number of rotatable bonds is 2. The van der Waals surface area contributed by atoms with Crippen LogP contribution < -0.4 is 0 Å². The average Bonchev–Trinajstić information content (AvgIpc) is 3.12. The van der Waals surface area contributed by atoms with Crippen LogP contribution in [0.3, 0.4) is 0 Å². The topological polar surface area (TPSA) is 30.2 Å². The van der Waals surface area contributed by atoms with Crippen molar-refractivity contribution in [3.63, 3.8) is 0 Å². The highest BCUT2D eigenvalue weighted by Gasteiger charge is 2.12. The van der Waals surface area contributed by atoms with Crippen LogP contribution in [0.2, 0.25) is 0 Å². The van der Waals surface area contributed by atoms with E-state index in [1.165, 1.54) is 10.8 Å². The van der Waals surface area contributed by atoms with Crippen LogP contribution in [-0.4, -0.2) is 14.6 Å². The van der Waals surface area contributed by atoms with E-state index >= 15 is 0 Å². The fraction of sp³-hybridized carbons (Fsp3) is 0. The summed E-state index contributed by atoms with van der Waals surface area (Å²) in [6, 6.07) is 25.1. The van der Waals surface area contributed by atoms with E-state index in [4.69, 9.17) is 0 Å². The van der Waals surface area contributed by atoms with Crippen molar-refractivity contribution in [2.45, 2.75) is 0 Å². The number of hydrogen-bond acceptors (Lipinski definition) is 2. The second kappa shape index (κ2) is 6.07. The molecule has 0 atom stereocenters. The van der Waals surface area contributed by atoms with Gasteiger partial charge in [0.1, 0.15) is 0 Å². The summed E-state index contributed by atoms with van der Waals surface area (Å²) in [5.74, 6) is 0. The fourth-order valence-electron chi connectivity index (χ4n) is 3.29. The largest absolute Gasteiger partial charge is 0.236 e. The van der Waals surface area contributed by atoms with E-state index in [0.29, 0.717) is 0 Å². The second-order valence-electron chi connectivity index (χ2n) is 6.19. The molecular weight excluding hydrogens is 386 g/mol. The van der Waals surface area contributed by atoms with Gasteiger partial charge in [0, 0.05) is 21.8 Å². The summed E-state index contributed by atoms with van der Waals surface area (Å²) in [7, 11) is 0. The zero-order valence-corrected chi connectivity index (χ0v) is 15.4. The van der Waals surface area contributed by atoms with E-state index in [1.54, 1.807) is 0 Å². The third kappa shape index (κ3) is 2.50. The molecule has 0 unspecified atom stereocenters. The van der Waals surface area contributed by atoms with Gasteiger partial charge in [-0.05, 0) is 40.6 Å². The molecular formula is C22H14BrN3. The molecule has 0 radical (unpaired) electrons. The second-order valence-corrected chi connectivity index (χ2v) is 7.11. The summed E-state index contributed by atoms with van der Waals surface area (Å²) in [5.41, 5.74) is 5.15. The normalized spacial score (nSPS) is 11.3. The first-order valence-corrected chi connectivity index (χ1v) is 9.17. The lowest BCUT2D eigenvalue weighted by atomic mass is 10.0. The SMILES string of the molecule is Brc1ccc(-c2cnn3c(-c4ccc5ccccc5c4)ccnc23)cc1. The molecule has 124 valence electrons. The van der Waals surface area contributed by atoms with E-state index in [-0.39, 0.29) is 0 Å². The highest BCUT2D eigenvalue weighted by molar-refractivity contribution is 9.10. The van der Waals surface area contributed by atoms with Crippen LogP contribution in [0.4, 0.5) is 0 Å². The molecule has 3 aromatic carbocycles. The highest BCUT2D eigenvalue weighted by Crippen LogP contribution is 2.29. The highest BCUT2D eigenvalue weighted by atomic mass is 79.9. The molecule has 0 spiro atoms. The van der Waals surface area contributed by atoms with Gasteiger partial charge in [0.05, 0.1) is 11.9 Å². The summed E-state index contributed by atoms with van der Waals surface area (Å²) in [4.78, 5) is 4.58. The van der Waals surface area contributed by atoms with Gasteiger partial charge in [-0.1, -0.05) is 64.5 Å². The first-order valence-electron chi connectivity index (χ1n) is 8.37. The minimum absolute atomic E-state index is 0.859. The number of hydrogen-bond donors (Lipinski definition) is 0. The van der Waals surface area contributed by atoms with Crippen LogP contribution in [0.15, 0.2) is 89.7 Å². The van der Waals surface area contributed by atoms with Crippen LogP contribution in [0.5, 0.6) is 0 Å². The van der Waals surface area contributed by atoms with Gasteiger partial charge < -0.3 is 0 Å². The van der Waals surface area contributed by atoms with Crippen LogP contribution in [0, 0.1) is 0 Å². The smallest absolute Gasteiger partial charge is 0.163 e. The van der Waals surface area contributed by atoms with Gasteiger partial charge in [0.25, 0.3) is 0 Å². The Labute approximate surface area is 159 Å². The lowest BCUT2D eigenvalue weighted by Crippen LogP contribution is -1.95. The standard InChI is InChI=1S/C22H14BrN3/c23-19-9-7-16(8-10-19)20-14-25-26-21(11-12-24-22(20)26)18-6-5-15-3-1-2-4-17(15)13-18/h1-14H. The third-order valence-corrected chi connectivity index (χ3v) is 5.13. The Kier molecular flexibility index (Phi) is 3.57. The first kappa shape index (κ1) is 15.3. The minimum Gasteiger partial charge on any atom is -0.236 e. The lowest BCUT2D eigenvalue weighted by molar-refractivity contribution is 0.948. The van der Waals surface area contributed by atoms with Gasteiger partial charge >= 0.3 is 0 Å². The Balaban J connectivity index is 1.70. The fourth-order valence-corrected chi connectivity index (χ4v) is 3.56. The monoisotopic (exact) mass is 399 g/mol. The van der Waals surface area contributed by atoms with Crippen molar-refractivity contribution < 1.29 is 0 Å². The Morgan fingerprint density at radius 1 is 0.769 bits per heavy atom. The maximum atomic E-state index is 4.62. The van der Waals surface area contributed by atoms with Gasteiger partial charge in [-0.2, -0.15) is 5.10 Å². The lowest BCUT2D eigenvalue weighted by Gasteiger charge is -2.07. The molecule has 0 N–H and O–H groups in total. The van der Waals surface area contributed by atoms with E-state index in [2.05, 4.69) is 80.6 Å². The van der Waals surface area contributed by atoms with E-state index in [1.807, 2.05) is 35.1 Å². The molecule has 0 aliphatic carbocycles. The maximum Gasteiger partial charge on any atom is 0.163 e. The summed E-state index contributed by atoms with van der Waals surface area (Å²) in [5, 5.41) is 7.07. The number of halogens is 1. The van der Waals surface area contributed by atoms with Gasteiger partial charge in [-0.3, -0.25) is 0 Å². The average molecular weight is 400 g/mol. The van der Waals surface area contributed by atoms with Crippen LogP contribution in [0.1, 0.15) is 0 Å². The van der Waals surface area contributed by atoms with Gasteiger partial charge in [-0.25, -0.2) is 9.50 Å². The van der Waals surface area contributed by atoms with E-state index in [9.17, 15) is 0 Å². The molecule has 0 fully saturated rings.